The molecule has 20 heavy (non-hydrogen) atoms. The largest absolute Gasteiger partial charge is 0.494 e. The number of ether oxygens (including phenoxy) is 1. The van der Waals surface area contributed by atoms with Gasteiger partial charge in [-0.3, -0.25) is 0 Å². The van der Waals surface area contributed by atoms with Crippen LogP contribution in [0.4, 0.5) is 0 Å². The Hall–Kier alpha value is -0.670. The average molecular weight is 295 g/mol. The lowest BCUT2D eigenvalue weighted by atomic mass is 10.1. The fourth-order valence-corrected chi connectivity index (χ4v) is 3.11. The van der Waals surface area contributed by atoms with Crippen LogP contribution < -0.4 is 10.1 Å². The zero-order valence-corrected chi connectivity index (χ0v) is 14.3. The molecule has 0 saturated carbocycles. The summed E-state index contributed by atoms with van der Waals surface area (Å²) in [5.41, 5.74) is 1.35. The first kappa shape index (κ1) is 17.4. The molecule has 2 nitrogen and oxygen atoms in total. The first-order valence-corrected chi connectivity index (χ1v) is 8.71. The van der Waals surface area contributed by atoms with E-state index in [2.05, 4.69) is 57.3 Å². The zero-order chi connectivity index (χ0) is 15.0. The van der Waals surface area contributed by atoms with Crippen LogP contribution in [-0.4, -0.2) is 24.2 Å². The number of benzene rings is 1. The molecule has 0 radical (unpaired) electrons. The van der Waals surface area contributed by atoms with Gasteiger partial charge in [0.15, 0.2) is 0 Å². The Bertz CT molecular complexity index is 364. The number of hydrogen-bond acceptors (Lipinski definition) is 3. The van der Waals surface area contributed by atoms with Crippen LogP contribution in [0.5, 0.6) is 5.75 Å². The molecule has 0 spiro atoms. The molecule has 0 saturated heterocycles. The van der Waals surface area contributed by atoms with Crippen LogP contribution in [-0.2, 0) is 0 Å². The van der Waals surface area contributed by atoms with Gasteiger partial charge in [-0.15, -0.1) is 0 Å². The Morgan fingerprint density at radius 2 is 1.75 bits per heavy atom. The Kier molecular flexibility index (Phi) is 8.08. The minimum atomic E-state index is 0.418. The van der Waals surface area contributed by atoms with Crippen molar-refractivity contribution in [2.45, 2.75) is 45.9 Å². The van der Waals surface area contributed by atoms with E-state index < -0.39 is 0 Å². The monoisotopic (exact) mass is 295 g/mol. The average Bonchev–Trinajstić information content (AvgIpc) is 2.44. The summed E-state index contributed by atoms with van der Waals surface area (Å²) >= 11 is 2.05. The van der Waals surface area contributed by atoms with Crippen molar-refractivity contribution in [3.8, 4) is 5.75 Å². The van der Waals surface area contributed by atoms with Crippen molar-refractivity contribution >= 4 is 11.8 Å². The van der Waals surface area contributed by atoms with Gasteiger partial charge in [0.05, 0.1) is 6.61 Å². The predicted molar refractivity (Wildman–Crippen MR) is 90.8 cm³/mol. The van der Waals surface area contributed by atoms with E-state index >= 15 is 0 Å². The van der Waals surface area contributed by atoms with Crippen molar-refractivity contribution < 1.29 is 4.74 Å². The van der Waals surface area contributed by atoms with Crippen LogP contribution in [0.25, 0.3) is 0 Å². The van der Waals surface area contributed by atoms with Crippen molar-refractivity contribution in [3.05, 3.63) is 29.8 Å². The van der Waals surface area contributed by atoms with E-state index in [-0.39, 0.29) is 0 Å². The molecular formula is C17H29NOS. The minimum Gasteiger partial charge on any atom is -0.494 e. The normalized spacial score (nSPS) is 14.3. The molecule has 1 N–H and O–H groups in total. The van der Waals surface area contributed by atoms with Gasteiger partial charge >= 0.3 is 0 Å². The minimum absolute atomic E-state index is 0.418. The Morgan fingerprint density at radius 1 is 1.10 bits per heavy atom. The van der Waals surface area contributed by atoms with Crippen molar-refractivity contribution in [1.82, 2.24) is 5.32 Å². The van der Waals surface area contributed by atoms with Gasteiger partial charge in [-0.25, -0.2) is 0 Å². The molecule has 0 aliphatic heterocycles. The van der Waals surface area contributed by atoms with Crippen LogP contribution >= 0.6 is 11.8 Å². The van der Waals surface area contributed by atoms with E-state index in [4.69, 9.17) is 4.74 Å². The van der Waals surface area contributed by atoms with Crippen LogP contribution in [0.3, 0.4) is 0 Å². The zero-order valence-electron chi connectivity index (χ0n) is 13.5. The molecule has 2 unspecified atom stereocenters. The molecule has 0 aromatic heterocycles. The van der Waals surface area contributed by atoms with Gasteiger partial charge in [0.25, 0.3) is 0 Å². The first-order valence-electron chi connectivity index (χ1n) is 7.66. The highest BCUT2D eigenvalue weighted by molar-refractivity contribution is 7.99. The molecule has 1 aromatic rings. The second kappa shape index (κ2) is 9.30. The summed E-state index contributed by atoms with van der Waals surface area (Å²) in [6.45, 7) is 12.8. The number of nitrogens with one attached hydrogen (secondary N) is 1. The topological polar surface area (TPSA) is 21.3 Å². The number of rotatable bonds is 9. The van der Waals surface area contributed by atoms with E-state index in [1.165, 1.54) is 5.56 Å². The molecule has 0 heterocycles. The lowest BCUT2D eigenvalue weighted by Gasteiger charge is -2.22. The number of hydrogen-bond donors (Lipinski definition) is 1. The van der Waals surface area contributed by atoms with Gasteiger partial charge in [-0.2, -0.15) is 11.8 Å². The maximum absolute atomic E-state index is 5.50. The summed E-state index contributed by atoms with van der Waals surface area (Å²) in [7, 11) is 0. The summed E-state index contributed by atoms with van der Waals surface area (Å²) in [6, 6.07) is 8.92. The lowest BCUT2D eigenvalue weighted by molar-refractivity contribution is 0.340. The van der Waals surface area contributed by atoms with E-state index in [0.717, 1.165) is 30.6 Å². The molecule has 0 bridgehead atoms. The van der Waals surface area contributed by atoms with Crippen molar-refractivity contribution in [1.29, 1.82) is 0 Å². The van der Waals surface area contributed by atoms with E-state index in [0.29, 0.717) is 11.3 Å². The quantitative estimate of drug-likeness (QED) is 0.724. The smallest absolute Gasteiger partial charge is 0.119 e. The maximum Gasteiger partial charge on any atom is 0.119 e. The summed E-state index contributed by atoms with van der Waals surface area (Å²) in [5.74, 6) is 2.79. The van der Waals surface area contributed by atoms with Gasteiger partial charge in [-0.05, 0) is 37.1 Å². The molecule has 0 aliphatic carbocycles. The predicted octanol–water partition coefficient (Wildman–Crippen LogP) is 4.51. The third kappa shape index (κ3) is 5.76. The van der Waals surface area contributed by atoms with Gasteiger partial charge < -0.3 is 10.1 Å². The van der Waals surface area contributed by atoms with E-state index in [9.17, 15) is 0 Å². The molecule has 2 atom stereocenters. The fourth-order valence-electron chi connectivity index (χ4n) is 1.92. The summed E-state index contributed by atoms with van der Waals surface area (Å²) in [5, 5.41) is 4.28. The molecular weight excluding hydrogens is 266 g/mol. The summed E-state index contributed by atoms with van der Waals surface area (Å²) in [6.07, 6.45) is 0. The first-order chi connectivity index (χ1) is 9.58. The third-order valence-corrected chi connectivity index (χ3v) is 5.10. The fraction of sp³-hybridized carbons (Fsp3) is 0.647. The van der Waals surface area contributed by atoms with Crippen LogP contribution in [0.1, 0.15) is 46.2 Å². The summed E-state index contributed by atoms with van der Waals surface area (Å²) in [4.78, 5) is 0. The standard InChI is InChI=1S/C17H29NOS/c1-6-18-17(12-20-14(5)13(3)4)15-8-10-16(11-9-15)19-7-2/h8-11,13-14,17-18H,6-7,12H2,1-5H3. The Morgan fingerprint density at radius 3 is 2.25 bits per heavy atom. The van der Waals surface area contributed by atoms with Crippen molar-refractivity contribution in [2.24, 2.45) is 5.92 Å². The molecule has 0 aliphatic rings. The molecule has 1 rings (SSSR count). The highest BCUT2D eigenvalue weighted by atomic mass is 32.2. The SMILES string of the molecule is CCNC(CSC(C)C(C)C)c1ccc(OCC)cc1. The second-order valence-corrected chi connectivity index (χ2v) is 6.81. The van der Waals surface area contributed by atoms with E-state index in [1.54, 1.807) is 0 Å². The maximum atomic E-state index is 5.50. The Labute approximate surface area is 128 Å². The van der Waals surface area contributed by atoms with Crippen molar-refractivity contribution in [3.63, 3.8) is 0 Å². The van der Waals surface area contributed by atoms with Crippen molar-refractivity contribution in [2.75, 3.05) is 18.9 Å². The number of thioether (sulfide) groups is 1. The van der Waals surface area contributed by atoms with Gasteiger partial charge in [0.2, 0.25) is 0 Å². The lowest BCUT2D eigenvalue weighted by Crippen LogP contribution is -2.24. The molecule has 0 fully saturated rings. The van der Waals surface area contributed by atoms with Gasteiger partial charge in [-0.1, -0.05) is 39.8 Å². The van der Waals surface area contributed by atoms with Gasteiger partial charge in [0, 0.05) is 17.0 Å². The molecule has 114 valence electrons. The Balaban J connectivity index is 2.64. The van der Waals surface area contributed by atoms with Crippen LogP contribution in [0.2, 0.25) is 0 Å². The summed E-state index contributed by atoms with van der Waals surface area (Å²) < 4.78 is 5.50. The third-order valence-electron chi connectivity index (χ3n) is 3.51. The molecule has 3 heteroatoms. The molecule has 1 aromatic carbocycles. The van der Waals surface area contributed by atoms with Crippen LogP contribution in [0.15, 0.2) is 24.3 Å². The van der Waals surface area contributed by atoms with Crippen LogP contribution in [0, 0.1) is 5.92 Å². The second-order valence-electron chi connectivity index (χ2n) is 5.39. The molecule has 0 amide bonds. The highest BCUT2D eigenvalue weighted by Crippen LogP contribution is 2.26. The van der Waals surface area contributed by atoms with Gasteiger partial charge in [0.1, 0.15) is 5.75 Å². The van der Waals surface area contributed by atoms with E-state index in [1.807, 2.05) is 18.7 Å². The highest BCUT2D eigenvalue weighted by Gasteiger charge is 2.14.